The van der Waals surface area contributed by atoms with Crippen LogP contribution in [0.3, 0.4) is 0 Å². The molecule has 0 aliphatic heterocycles. The molecule has 0 radical (unpaired) electrons. The molecule has 0 saturated carbocycles. The Labute approximate surface area is 80.8 Å². The molecule has 0 unspecified atom stereocenters. The summed E-state index contributed by atoms with van der Waals surface area (Å²) in [5.41, 5.74) is -0.00411. The third-order valence-corrected chi connectivity index (χ3v) is 1.52. The van der Waals surface area contributed by atoms with Gasteiger partial charge in [0.1, 0.15) is 6.61 Å². The third-order valence-electron chi connectivity index (χ3n) is 1.52. The van der Waals surface area contributed by atoms with Crippen molar-refractivity contribution in [2.75, 3.05) is 6.61 Å². The largest absolute Gasteiger partial charge is 0.504 e. The van der Waals surface area contributed by atoms with Gasteiger partial charge < -0.3 is 14.9 Å². The van der Waals surface area contributed by atoms with E-state index < -0.39 is 5.97 Å². The number of aromatic hydroxyl groups is 1. The molecule has 1 rings (SSSR count). The lowest BCUT2D eigenvalue weighted by atomic mass is 10.2. The Bertz CT molecular complexity index is 390. The summed E-state index contributed by atoms with van der Waals surface area (Å²) in [7, 11) is 0. The summed E-state index contributed by atoms with van der Waals surface area (Å²) in [5, 5.41) is 17.9. The molecule has 2 N–H and O–H groups in total. The smallest absolute Gasteiger partial charge is 0.335 e. The Morgan fingerprint density at radius 2 is 2.29 bits per heavy atom. The van der Waals surface area contributed by atoms with Gasteiger partial charge in [0, 0.05) is 0 Å². The van der Waals surface area contributed by atoms with Gasteiger partial charge in [0.05, 0.1) is 5.56 Å². The van der Waals surface area contributed by atoms with Gasteiger partial charge in [-0.1, -0.05) is 5.92 Å². The second-order valence-corrected chi connectivity index (χ2v) is 2.48. The zero-order valence-corrected chi connectivity index (χ0v) is 7.23. The minimum atomic E-state index is -1.11. The molecule has 0 fully saturated rings. The summed E-state index contributed by atoms with van der Waals surface area (Å²) >= 11 is 0. The first-order valence-electron chi connectivity index (χ1n) is 3.77. The maximum absolute atomic E-state index is 10.5. The highest BCUT2D eigenvalue weighted by atomic mass is 16.5. The van der Waals surface area contributed by atoms with Crippen molar-refractivity contribution in [2.24, 2.45) is 0 Å². The molecule has 72 valence electrons. The van der Waals surface area contributed by atoms with E-state index in [1.807, 2.05) is 0 Å². The highest BCUT2D eigenvalue weighted by Gasteiger charge is 2.07. The van der Waals surface area contributed by atoms with Crippen LogP contribution >= 0.6 is 0 Å². The van der Waals surface area contributed by atoms with E-state index in [0.717, 1.165) is 6.07 Å². The second kappa shape index (κ2) is 4.19. The summed E-state index contributed by atoms with van der Waals surface area (Å²) in [6.07, 6.45) is 4.95. The van der Waals surface area contributed by atoms with E-state index in [1.165, 1.54) is 12.1 Å². The first-order chi connectivity index (χ1) is 6.65. The summed E-state index contributed by atoms with van der Waals surface area (Å²) < 4.78 is 4.94. The molecule has 14 heavy (non-hydrogen) atoms. The van der Waals surface area contributed by atoms with E-state index >= 15 is 0 Å². The van der Waals surface area contributed by atoms with E-state index in [-0.39, 0.29) is 23.7 Å². The summed E-state index contributed by atoms with van der Waals surface area (Å²) in [6.45, 7) is 0.0278. The molecule has 0 aliphatic rings. The minimum absolute atomic E-state index is 0.00411. The standard InChI is InChI=1S/C10H8O4/c1-2-5-14-9-4-3-7(10(12)13)6-8(9)11/h1,3-4,6,11H,5H2,(H,12,13). The number of hydrogen-bond donors (Lipinski definition) is 2. The number of carboxylic acid groups (broad SMARTS) is 1. The fraction of sp³-hybridized carbons (Fsp3) is 0.100. The molecule has 0 saturated heterocycles. The molecule has 0 amide bonds. The Hall–Kier alpha value is -2.15. The van der Waals surface area contributed by atoms with Gasteiger partial charge in [-0.15, -0.1) is 6.42 Å². The van der Waals surface area contributed by atoms with Gasteiger partial charge in [0.25, 0.3) is 0 Å². The Kier molecular flexibility index (Phi) is 2.97. The summed E-state index contributed by atoms with van der Waals surface area (Å²) in [4.78, 5) is 10.5. The molecule has 0 aliphatic carbocycles. The number of terminal acetylenes is 1. The highest BCUT2D eigenvalue weighted by molar-refractivity contribution is 5.88. The molecular weight excluding hydrogens is 184 g/mol. The molecule has 1 aromatic carbocycles. The van der Waals surface area contributed by atoms with Crippen molar-refractivity contribution in [1.82, 2.24) is 0 Å². The maximum Gasteiger partial charge on any atom is 0.335 e. The van der Waals surface area contributed by atoms with Crippen LogP contribution in [0.15, 0.2) is 18.2 Å². The van der Waals surface area contributed by atoms with Crippen molar-refractivity contribution >= 4 is 5.97 Å². The molecule has 0 atom stereocenters. The number of hydrogen-bond acceptors (Lipinski definition) is 3. The number of aromatic carboxylic acids is 1. The van der Waals surface area contributed by atoms with E-state index in [9.17, 15) is 9.90 Å². The quantitative estimate of drug-likeness (QED) is 0.704. The van der Waals surface area contributed by atoms with Crippen LogP contribution in [0.2, 0.25) is 0 Å². The molecule has 4 heteroatoms. The zero-order chi connectivity index (χ0) is 10.6. The van der Waals surface area contributed by atoms with Crippen molar-refractivity contribution in [3.63, 3.8) is 0 Å². The number of carboxylic acids is 1. The predicted molar refractivity (Wildman–Crippen MR) is 49.4 cm³/mol. The van der Waals surface area contributed by atoms with Crippen molar-refractivity contribution in [3.8, 4) is 23.8 Å². The normalized spacial score (nSPS) is 9.07. The number of rotatable bonds is 3. The van der Waals surface area contributed by atoms with E-state index in [1.54, 1.807) is 0 Å². The maximum atomic E-state index is 10.5. The zero-order valence-electron chi connectivity index (χ0n) is 7.23. The van der Waals surface area contributed by atoms with Crippen LogP contribution < -0.4 is 4.74 Å². The van der Waals surface area contributed by atoms with Gasteiger partial charge in [-0.2, -0.15) is 0 Å². The van der Waals surface area contributed by atoms with Crippen LogP contribution in [0.1, 0.15) is 10.4 Å². The molecule has 4 nitrogen and oxygen atoms in total. The van der Waals surface area contributed by atoms with Gasteiger partial charge in [-0.05, 0) is 18.2 Å². The van der Waals surface area contributed by atoms with Crippen LogP contribution in [-0.2, 0) is 0 Å². The lowest BCUT2D eigenvalue weighted by Crippen LogP contribution is -1.98. The van der Waals surface area contributed by atoms with E-state index in [0.29, 0.717) is 0 Å². The first-order valence-corrected chi connectivity index (χ1v) is 3.77. The molecule has 1 aromatic rings. The predicted octanol–water partition coefficient (Wildman–Crippen LogP) is 1.10. The Morgan fingerprint density at radius 1 is 1.57 bits per heavy atom. The molecule has 0 spiro atoms. The van der Waals surface area contributed by atoms with Crippen LogP contribution in [0.4, 0.5) is 0 Å². The van der Waals surface area contributed by atoms with E-state index in [4.69, 9.17) is 16.3 Å². The first kappa shape index (κ1) is 9.93. The average Bonchev–Trinajstić information content (AvgIpc) is 2.15. The van der Waals surface area contributed by atoms with Crippen LogP contribution in [-0.4, -0.2) is 22.8 Å². The lowest BCUT2D eigenvalue weighted by molar-refractivity contribution is 0.0696. The lowest BCUT2D eigenvalue weighted by Gasteiger charge is -2.04. The molecule has 0 bridgehead atoms. The number of ether oxygens (including phenoxy) is 1. The van der Waals surface area contributed by atoms with Gasteiger partial charge in [-0.3, -0.25) is 0 Å². The SMILES string of the molecule is C#CCOc1ccc(C(=O)O)cc1O. The van der Waals surface area contributed by atoms with Gasteiger partial charge >= 0.3 is 5.97 Å². The van der Waals surface area contributed by atoms with Gasteiger partial charge in [0.15, 0.2) is 11.5 Å². The Balaban J connectivity index is 2.91. The van der Waals surface area contributed by atoms with Crippen LogP contribution in [0.5, 0.6) is 11.5 Å². The molecular formula is C10H8O4. The van der Waals surface area contributed by atoms with Crippen molar-refractivity contribution in [1.29, 1.82) is 0 Å². The Morgan fingerprint density at radius 3 is 2.79 bits per heavy atom. The fourth-order valence-electron chi connectivity index (χ4n) is 0.892. The monoisotopic (exact) mass is 192 g/mol. The van der Waals surface area contributed by atoms with Crippen LogP contribution in [0, 0.1) is 12.3 Å². The average molecular weight is 192 g/mol. The molecule has 0 heterocycles. The van der Waals surface area contributed by atoms with Crippen molar-refractivity contribution in [3.05, 3.63) is 23.8 Å². The third kappa shape index (κ3) is 2.17. The van der Waals surface area contributed by atoms with E-state index in [2.05, 4.69) is 5.92 Å². The van der Waals surface area contributed by atoms with Crippen molar-refractivity contribution in [2.45, 2.75) is 0 Å². The van der Waals surface area contributed by atoms with Gasteiger partial charge in [0.2, 0.25) is 0 Å². The topological polar surface area (TPSA) is 66.8 Å². The fourth-order valence-corrected chi connectivity index (χ4v) is 0.892. The highest BCUT2D eigenvalue weighted by Crippen LogP contribution is 2.26. The summed E-state index contributed by atoms with van der Waals surface area (Å²) in [6, 6.07) is 3.79. The second-order valence-electron chi connectivity index (χ2n) is 2.48. The number of phenols is 1. The van der Waals surface area contributed by atoms with Crippen LogP contribution in [0.25, 0.3) is 0 Å². The number of phenolic OH excluding ortho intramolecular Hbond substituents is 1. The van der Waals surface area contributed by atoms with Crippen molar-refractivity contribution < 1.29 is 19.7 Å². The minimum Gasteiger partial charge on any atom is -0.504 e. The summed E-state index contributed by atoms with van der Waals surface area (Å²) in [5.74, 6) is 1.06. The van der Waals surface area contributed by atoms with Gasteiger partial charge in [-0.25, -0.2) is 4.79 Å². The number of benzene rings is 1. The molecule has 0 aromatic heterocycles. The number of carbonyl (C=O) groups is 1.